The van der Waals surface area contributed by atoms with Crippen molar-refractivity contribution < 1.29 is 19.4 Å². The lowest BCUT2D eigenvalue weighted by atomic mass is 9.68. The van der Waals surface area contributed by atoms with Crippen LogP contribution in [0.25, 0.3) is 0 Å². The summed E-state index contributed by atoms with van der Waals surface area (Å²) in [7, 11) is 0. The second kappa shape index (κ2) is 24.5. The van der Waals surface area contributed by atoms with Crippen LogP contribution in [-0.2, 0) is 56.0 Å². The minimum absolute atomic E-state index is 0.104. The van der Waals surface area contributed by atoms with Crippen molar-refractivity contribution in [2.45, 2.75) is 96.2 Å². The molecule has 1 amide bonds. The maximum absolute atomic E-state index is 15.0. The number of carbonyl (C=O) groups is 2. The van der Waals surface area contributed by atoms with Crippen LogP contribution in [0.1, 0.15) is 100 Å². The van der Waals surface area contributed by atoms with E-state index in [0.717, 1.165) is 82.9 Å². The van der Waals surface area contributed by atoms with Crippen LogP contribution in [0.3, 0.4) is 0 Å². The van der Waals surface area contributed by atoms with Crippen LogP contribution < -0.4 is 4.74 Å². The monoisotopic (exact) mass is 941 g/mol. The fourth-order valence-corrected chi connectivity index (χ4v) is 9.53. The molecule has 11 nitrogen and oxygen atoms in total. The summed E-state index contributed by atoms with van der Waals surface area (Å²) in [5.41, 5.74) is 7.57. The normalized spacial score (nSPS) is 13.3. The number of aromatic carboxylic acids is 1. The van der Waals surface area contributed by atoms with E-state index >= 15 is 4.79 Å². The van der Waals surface area contributed by atoms with E-state index < -0.39 is 11.4 Å². The van der Waals surface area contributed by atoms with Crippen LogP contribution in [0, 0.1) is 0 Å². The van der Waals surface area contributed by atoms with Gasteiger partial charge in [0.25, 0.3) is 0 Å². The summed E-state index contributed by atoms with van der Waals surface area (Å²) < 4.78 is 6.68. The van der Waals surface area contributed by atoms with Gasteiger partial charge in [0, 0.05) is 82.2 Å². The van der Waals surface area contributed by atoms with Crippen molar-refractivity contribution in [3.05, 3.63) is 220 Å². The topological polar surface area (TPSA) is 125 Å². The molecule has 4 aromatic heterocycles. The lowest BCUT2D eigenvalue weighted by molar-refractivity contribution is -0.139. The Balaban J connectivity index is 1.03. The number of carboxylic acid groups (broad SMARTS) is 1. The standard InChI is InChI=1S/C57H60ClN7O4/c58-49-24-22-48(23-25-49)57(26-6-1-7-27-57)56(68)65(39-44-18-20-47(21-19-44)55(66)67)32-12-13-33-69-54-35-45(37-63(40-50-14-2-8-28-59-50)41-51-15-3-9-29-60-51)34-46(36-54)38-64(42-52-16-4-10-30-61-52)43-53-17-5-11-31-62-53/h2-5,8-11,14-25,28-31,34-36H,1,6-7,12-13,26-27,32-33,37-43H2,(H,66,67). The van der Waals surface area contributed by atoms with E-state index in [1.807, 2.05) is 115 Å². The van der Waals surface area contributed by atoms with Crippen molar-refractivity contribution in [3.63, 3.8) is 0 Å². The lowest BCUT2D eigenvalue weighted by Gasteiger charge is -2.40. The number of pyridine rings is 4. The van der Waals surface area contributed by atoms with E-state index in [-0.39, 0.29) is 11.5 Å². The molecule has 1 aliphatic carbocycles. The largest absolute Gasteiger partial charge is 0.494 e. The molecular weight excluding hydrogens is 882 g/mol. The van der Waals surface area contributed by atoms with Gasteiger partial charge in [0.05, 0.1) is 40.4 Å². The maximum atomic E-state index is 15.0. The van der Waals surface area contributed by atoms with Gasteiger partial charge < -0.3 is 14.7 Å². The van der Waals surface area contributed by atoms with E-state index in [2.05, 4.69) is 72.2 Å². The van der Waals surface area contributed by atoms with Gasteiger partial charge in [-0.2, -0.15) is 0 Å². The van der Waals surface area contributed by atoms with Crippen molar-refractivity contribution in [3.8, 4) is 5.75 Å². The molecular formula is C57H60ClN7O4. The first-order valence-corrected chi connectivity index (χ1v) is 24.3. The van der Waals surface area contributed by atoms with Crippen LogP contribution in [-0.4, -0.2) is 64.8 Å². The van der Waals surface area contributed by atoms with Crippen LogP contribution >= 0.6 is 11.6 Å². The Bertz CT molecular complexity index is 2480. The number of ether oxygens (including phenoxy) is 1. The molecule has 0 radical (unpaired) electrons. The number of carbonyl (C=O) groups excluding carboxylic acids is 1. The Morgan fingerprint density at radius 1 is 0.551 bits per heavy atom. The first-order chi connectivity index (χ1) is 33.8. The van der Waals surface area contributed by atoms with E-state index in [1.165, 1.54) is 0 Å². The molecule has 7 aromatic rings. The van der Waals surface area contributed by atoms with Crippen molar-refractivity contribution in [2.75, 3.05) is 13.2 Å². The van der Waals surface area contributed by atoms with Crippen LogP contribution in [0.4, 0.5) is 0 Å². The molecule has 1 saturated carbocycles. The number of benzene rings is 3. The molecule has 12 heteroatoms. The summed E-state index contributed by atoms with van der Waals surface area (Å²) in [5, 5.41) is 10.2. The summed E-state index contributed by atoms with van der Waals surface area (Å²) in [6.07, 6.45) is 13.3. The Kier molecular flexibility index (Phi) is 17.3. The molecule has 0 aliphatic heterocycles. The SMILES string of the molecule is O=C(O)c1ccc(CN(CCCCOc2cc(CN(Cc3ccccn3)Cc3ccccn3)cc(CN(Cc3ccccn3)Cc3ccccn3)c2)C(=O)C2(c3ccc(Cl)cc3)CCCCC2)cc1. The van der Waals surface area contributed by atoms with Gasteiger partial charge in [0.1, 0.15) is 5.75 Å². The highest BCUT2D eigenvalue weighted by Crippen LogP contribution is 2.42. The summed E-state index contributed by atoms with van der Waals surface area (Å²) in [4.78, 5) is 52.1. The van der Waals surface area contributed by atoms with E-state index in [4.69, 9.17) is 16.3 Å². The predicted octanol–water partition coefficient (Wildman–Crippen LogP) is 11.1. The molecule has 69 heavy (non-hydrogen) atoms. The zero-order valence-electron chi connectivity index (χ0n) is 39.1. The Morgan fingerprint density at radius 3 is 1.49 bits per heavy atom. The minimum atomic E-state index is -0.978. The molecule has 1 fully saturated rings. The van der Waals surface area contributed by atoms with Gasteiger partial charge in [-0.1, -0.05) is 85.5 Å². The zero-order chi connectivity index (χ0) is 47.7. The third-order valence-corrected chi connectivity index (χ3v) is 13.0. The van der Waals surface area contributed by atoms with Gasteiger partial charge in [-0.05, 0) is 133 Å². The first-order valence-electron chi connectivity index (χ1n) is 24.0. The highest BCUT2D eigenvalue weighted by Gasteiger charge is 2.43. The minimum Gasteiger partial charge on any atom is -0.494 e. The molecule has 0 spiro atoms. The number of halogens is 1. The highest BCUT2D eigenvalue weighted by atomic mass is 35.5. The fourth-order valence-electron chi connectivity index (χ4n) is 9.40. The molecule has 3 aromatic carbocycles. The number of carboxylic acids is 1. The Morgan fingerprint density at radius 2 is 1.04 bits per heavy atom. The van der Waals surface area contributed by atoms with Crippen molar-refractivity contribution in [1.82, 2.24) is 34.6 Å². The maximum Gasteiger partial charge on any atom is 0.335 e. The predicted molar refractivity (Wildman–Crippen MR) is 269 cm³/mol. The molecule has 0 atom stereocenters. The van der Waals surface area contributed by atoms with Gasteiger partial charge >= 0.3 is 5.97 Å². The van der Waals surface area contributed by atoms with Crippen LogP contribution in [0.15, 0.2) is 164 Å². The second-order valence-corrected chi connectivity index (χ2v) is 18.4. The summed E-state index contributed by atoms with van der Waals surface area (Å²) in [5.74, 6) is -0.0928. The molecule has 1 aliphatic rings. The van der Waals surface area contributed by atoms with E-state index in [1.54, 1.807) is 12.1 Å². The number of rotatable bonds is 23. The van der Waals surface area contributed by atoms with Gasteiger partial charge in [-0.15, -0.1) is 0 Å². The number of hydrogen-bond acceptors (Lipinski definition) is 9. The molecule has 354 valence electrons. The molecule has 0 saturated heterocycles. The number of amides is 1. The van der Waals surface area contributed by atoms with Gasteiger partial charge in [0.2, 0.25) is 5.91 Å². The van der Waals surface area contributed by atoms with Crippen molar-refractivity contribution in [2.24, 2.45) is 0 Å². The molecule has 4 heterocycles. The second-order valence-electron chi connectivity index (χ2n) is 18.0. The van der Waals surface area contributed by atoms with Crippen molar-refractivity contribution >= 4 is 23.5 Å². The first kappa shape index (κ1) is 48.7. The molecule has 0 bridgehead atoms. The number of hydrogen-bond donors (Lipinski definition) is 1. The van der Waals surface area contributed by atoms with Gasteiger partial charge in [0.15, 0.2) is 0 Å². The average molecular weight is 943 g/mol. The van der Waals surface area contributed by atoms with Crippen LogP contribution in [0.5, 0.6) is 5.75 Å². The van der Waals surface area contributed by atoms with Crippen LogP contribution in [0.2, 0.25) is 5.02 Å². The third kappa shape index (κ3) is 14.1. The zero-order valence-corrected chi connectivity index (χ0v) is 39.8. The summed E-state index contributed by atoms with van der Waals surface area (Å²) >= 11 is 6.34. The number of nitrogens with zero attached hydrogens (tertiary/aromatic N) is 7. The van der Waals surface area contributed by atoms with E-state index in [0.29, 0.717) is 76.8 Å². The summed E-state index contributed by atoms with van der Waals surface area (Å²) in [6.45, 7) is 5.19. The van der Waals surface area contributed by atoms with E-state index in [9.17, 15) is 9.90 Å². The molecule has 8 rings (SSSR count). The average Bonchev–Trinajstić information content (AvgIpc) is 3.37. The summed E-state index contributed by atoms with van der Waals surface area (Å²) in [6, 6.07) is 45.2. The Hall–Kier alpha value is -6.79. The fraction of sp³-hybridized carbons (Fsp3) is 0.298. The quantitative estimate of drug-likeness (QED) is 0.0620. The van der Waals surface area contributed by atoms with Gasteiger partial charge in [-0.25, -0.2) is 4.79 Å². The van der Waals surface area contributed by atoms with Crippen molar-refractivity contribution in [1.29, 1.82) is 0 Å². The smallest absolute Gasteiger partial charge is 0.335 e. The molecule has 0 unspecified atom stereocenters. The lowest BCUT2D eigenvalue weighted by Crippen LogP contribution is -2.48. The van der Waals surface area contributed by atoms with Gasteiger partial charge in [-0.3, -0.25) is 34.5 Å². The molecule has 1 N–H and O–H groups in total. The number of unbranched alkanes of at least 4 members (excludes halogenated alkanes) is 1. The Labute approximate surface area is 410 Å². The highest BCUT2D eigenvalue weighted by molar-refractivity contribution is 6.30. The third-order valence-electron chi connectivity index (χ3n) is 12.8. The number of aromatic nitrogens is 4.